The van der Waals surface area contributed by atoms with E-state index in [1.54, 1.807) is 11.3 Å². The van der Waals surface area contributed by atoms with Crippen LogP contribution in [0.25, 0.3) is 0 Å². The Hall–Kier alpha value is -1.69. The van der Waals surface area contributed by atoms with Crippen LogP contribution in [0, 0.1) is 27.7 Å². The molecule has 0 aliphatic rings. The predicted octanol–water partition coefficient (Wildman–Crippen LogP) is 2.61. The second kappa shape index (κ2) is 6.17. The Balaban J connectivity index is 1.83. The van der Waals surface area contributed by atoms with Gasteiger partial charge in [-0.05, 0) is 34.1 Å². The number of carbonyl (C=O) groups excluding carboxylic acids is 1. The Morgan fingerprint density at radius 2 is 2.00 bits per heavy atom. The number of aryl methyl sites for hydroxylation is 4. The molecule has 1 amide bonds. The fraction of sp³-hybridized carbons (Fsp3) is 0.500. The second-order valence-corrected chi connectivity index (χ2v) is 6.11. The third-order valence-corrected chi connectivity index (χ3v) is 4.30. The standard InChI is InChI=1S/C14H19N3O2S/c1-8-12(10(3)19-17-8)5-6-14(18)15-7-13-9(2)16-11(4)20-13/h5-7H2,1-4H3,(H,15,18). The summed E-state index contributed by atoms with van der Waals surface area (Å²) in [7, 11) is 0. The average molecular weight is 293 g/mol. The van der Waals surface area contributed by atoms with Crippen molar-refractivity contribution in [1.82, 2.24) is 15.5 Å². The number of nitrogens with one attached hydrogen (secondary N) is 1. The van der Waals surface area contributed by atoms with Gasteiger partial charge in [-0.15, -0.1) is 11.3 Å². The minimum atomic E-state index is 0.0375. The molecule has 2 heterocycles. The van der Waals surface area contributed by atoms with Crippen molar-refractivity contribution in [2.45, 2.75) is 47.1 Å². The number of amides is 1. The van der Waals surface area contributed by atoms with E-state index in [9.17, 15) is 4.79 Å². The minimum Gasteiger partial charge on any atom is -0.361 e. The lowest BCUT2D eigenvalue weighted by atomic mass is 10.1. The van der Waals surface area contributed by atoms with Crippen LogP contribution in [0.1, 0.15) is 39.0 Å². The quantitative estimate of drug-likeness (QED) is 0.920. The summed E-state index contributed by atoms with van der Waals surface area (Å²) in [5.74, 6) is 0.833. The number of nitrogens with zero attached hydrogens (tertiary/aromatic N) is 2. The first-order valence-corrected chi connectivity index (χ1v) is 7.40. The Kier molecular flexibility index (Phi) is 4.54. The number of hydrogen-bond donors (Lipinski definition) is 1. The van der Waals surface area contributed by atoms with Crippen molar-refractivity contribution < 1.29 is 9.32 Å². The highest BCUT2D eigenvalue weighted by Crippen LogP contribution is 2.17. The molecule has 1 N–H and O–H groups in total. The van der Waals surface area contributed by atoms with Crippen molar-refractivity contribution in [1.29, 1.82) is 0 Å². The Labute approximate surface area is 122 Å². The third-order valence-electron chi connectivity index (χ3n) is 3.23. The van der Waals surface area contributed by atoms with Crippen LogP contribution in [0.5, 0.6) is 0 Å². The summed E-state index contributed by atoms with van der Waals surface area (Å²) in [5.41, 5.74) is 2.90. The van der Waals surface area contributed by atoms with Gasteiger partial charge in [0.05, 0.1) is 22.9 Å². The summed E-state index contributed by atoms with van der Waals surface area (Å²) >= 11 is 1.63. The minimum absolute atomic E-state index is 0.0375. The number of carbonyl (C=O) groups is 1. The molecule has 0 aromatic carbocycles. The molecule has 2 aromatic heterocycles. The fourth-order valence-electron chi connectivity index (χ4n) is 2.10. The number of hydrogen-bond acceptors (Lipinski definition) is 5. The van der Waals surface area contributed by atoms with Gasteiger partial charge in [-0.25, -0.2) is 4.98 Å². The highest BCUT2D eigenvalue weighted by molar-refractivity contribution is 7.11. The molecule has 0 fully saturated rings. The largest absolute Gasteiger partial charge is 0.361 e. The van der Waals surface area contributed by atoms with Crippen LogP contribution < -0.4 is 5.32 Å². The van der Waals surface area contributed by atoms with E-state index in [0.717, 1.165) is 32.6 Å². The van der Waals surface area contributed by atoms with Crippen molar-refractivity contribution in [2.24, 2.45) is 0 Å². The molecule has 108 valence electrons. The summed E-state index contributed by atoms with van der Waals surface area (Å²) in [6.45, 7) is 8.26. The van der Waals surface area contributed by atoms with Gasteiger partial charge in [-0.1, -0.05) is 5.16 Å². The van der Waals surface area contributed by atoms with Gasteiger partial charge >= 0.3 is 0 Å². The first-order chi connectivity index (χ1) is 9.47. The summed E-state index contributed by atoms with van der Waals surface area (Å²) in [6, 6.07) is 0. The van der Waals surface area contributed by atoms with Crippen LogP contribution >= 0.6 is 11.3 Å². The lowest BCUT2D eigenvalue weighted by Gasteiger charge is -2.04. The lowest BCUT2D eigenvalue weighted by Crippen LogP contribution is -2.23. The smallest absolute Gasteiger partial charge is 0.220 e. The van der Waals surface area contributed by atoms with Gasteiger partial charge in [0.1, 0.15) is 5.76 Å². The molecule has 2 aromatic rings. The van der Waals surface area contributed by atoms with Gasteiger partial charge in [-0.3, -0.25) is 4.79 Å². The summed E-state index contributed by atoms with van der Waals surface area (Å²) in [5, 5.41) is 7.85. The van der Waals surface area contributed by atoms with Gasteiger partial charge in [-0.2, -0.15) is 0 Å². The normalized spacial score (nSPS) is 10.8. The van der Waals surface area contributed by atoms with Crippen LogP contribution in [0.2, 0.25) is 0 Å². The van der Waals surface area contributed by atoms with Gasteiger partial charge in [0.25, 0.3) is 0 Å². The van der Waals surface area contributed by atoms with Gasteiger partial charge in [0.15, 0.2) is 0 Å². The first kappa shape index (κ1) is 14.7. The lowest BCUT2D eigenvalue weighted by molar-refractivity contribution is -0.121. The molecule has 20 heavy (non-hydrogen) atoms. The summed E-state index contributed by atoms with van der Waals surface area (Å²) in [4.78, 5) is 17.3. The zero-order chi connectivity index (χ0) is 14.7. The van der Waals surface area contributed by atoms with Crippen LogP contribution in [-0.4, -0.2) is 16.0 Å². The van der Waals surface area contributed by atoms with Crippen LogP contribution in [0.3, 0.4) is 0 Å². The molecule has 2 rings (SSSR count). The molecule has 0 bridgehead atoms. The molecular formula is C14H19N3O2S. The van der Waals surface area contributed by atoms with Gasteiger partial charge in [0, 0.05) is 16.9 Å². The number of thiazole rings is 1. The van der Waals surface area contributed by atoms with Crippen molar-refractivity contribution in [3.05, 3.63) is 32.6 Å². The predicted molar refractivity (Wildman–Crippen MR) is 77.7 cm³/mol. The molecule has 0 unspecified atom stereocenters. The number of aromatic nitrogens is 2. The van der Waals surface area contributed by atoms with E-state index in [2.05, 4.69) is 15.5 Å². The van der Waals surface area contributed by atoms with Gasteiger partial charge < -0.3 is 9.84 Å². The van der Waals surface area contributed by atoms with E-state index in [1.165, 1.54) is 0 Å². The maximum Gasteiger partial charge on any atom is 0.220 e. The SMILES string of the molecule is Cc1nc(C)c(CNC(=O)CCc2c(C)noc2C)s1. The van der Waals surface area contributed by atoms with Crippen molar-refractivity contribution in [3.63, 3.8) is 0 Å². The molecule has 0 saturated carbocycles. The molecule has 0 atom stereocenters. The van der Waals surface area contributed by atoms with Crippen molar-refractivity contribution in [2.75, 3.05) is 0 Å². The maximum absolute atomic E-state index is 11.9. The molecule has 6 heteroatoms. The van der Waals surface area contributed by atoms with Crippen LogP contribution in [0.15, 0.2) is 4.52 Å². The molecule has 0 saturated heterocycles. The fourth-order valence-corrected chi connectivity index (χ4v) is 2.98. The van der Waals surface area contributed by atoms with Crippen LogP contribution in [0.4, 0.5) is 0 Å². The zero-order valence-electron chi connectivity index (χ0n) is 12.2. The van der Waals surface area contributed by atoms with E-state index in [1.807, 2.05) is 27.7 Å². The Bertz CT molecular complexity index is 596. The van der Waals surface area contributed by atoms with E-state index in [4.69, 9.17) is 4.52 Å². The van der Waals surface area contributed by atoms with E-state index in [-0.39, 0.29) is 5.91 Å². The highest BCUT2D eigenvalue weighted by atomic mass is 32.1. The molecule has 0 aliphatic heterocycles. The topological polar surface area (TPSA) is 68.0 Å². The summed E-state index contributed by atoms with van der Waals surface area (Å²) in [6.07, 6.45) is 1.10. The van der Waals surface area contributed by atoms with E-state index < -0.39 is 0 Å². The number of rotatable bonds is 5. The molecule has 0 radical (unpaired) electrons. The molecular weight excluding hydrogens is 274 g/mol. The second-order valence-electron chi connectivity index (χ2n) is 4.82. The summed E-state index contributed by atoms with van der Waals surface area (Å²) < 4.78 is 5.09. The maximum atomic E-state index is 11.9. The van der Waals surface area contributed by atoms with Gasteiger partial charge in [0.2, 0.25) is 5.91 Å². The average Bonchev–Trinajstić information content (AvgIpc) is 2.88. The zero-order valence-corrected chi connectivity index (χ0v) is 13.1. The molecule has 0 aliphatic carbocycles. The Morgan fingerprint density at radius 3 is 2.55 bits per heavy atom. The van der Waals surface area contributed by atoms with E-state index >= 15 is 0 Å². The monoisotopic (exact) mass is 293 g/mol. The molecule has 5 nitrogen and oxygen atoms in total. The van der Waals surface area contributed by atoms with Crippen molar-refractivity contribution in [3.8, 4) is 0 Å². The highest BCUT2D eigenvalue weighted by Gasteiger charge is 2.12. The van der Waals surface area contributed by atoms with Crippen molar-refractivity contribution >= 4 is 17.2 Å². The first-order valence-electron chi connectivity index (χ1n) is 6.58. The Morgan fingerprint density at radius 1 is 1.25 bits per heavy atom. The molecule has 0 spiro atoms. The van der Waals surface area contributed by atoms with Crippen LogP contribution in [-0.2, 0) is 17.8 Å². The van der Waals surface area contributed by atoms with E-state index in [0.29, 0.717) is 19.4 Å². The third kappa shape index (κ3) is 3.45.